The zero-order valence-electron chi connectivity index (χ0n) is 11.3. The summed E-state index contributed by atoms with van der Waals surface area (Å²) < 4.78 is 37.3. The summed E-state index contributed by atoms with van der Waals surface area (Å²) in [6.07, 6.45) is -5.18. The number of carbonyl (C=O) groups excluding carboxylic acids is 1. The molecule has 20 heavy (non-hydrogen) atoms. The Bertz CT molecular complexity index is 474. The van der Waals surface area contributed by atoms with Crippen LogP contribution in [0.25, 0.3) is 0 Å². The number of nitrogens with one attached hydrogen (secondary N) is 1. The average molecular weight is 306 g/mol. The van der Waals surface area contributed by atoms with Crippen LogP contribution < -0.4 is 5.32 Å². The van der Waals surface area contributed by atoms with Crippen LogP contribution in [0.2, 0.25) is 0 Å². The van der Waals surface area contributed by atoms with E-state index in [-0.39, 0.29) is 12.5 Å². The molecular weight excluding hydrogens is 289 g/mol. The Morgan fingerprint density at radius 1 is 1.50 bits per heavy atom. The number of hydrogen-bond donors (Lipinski definition) is 1. The molecule has 0 aromatic carbocycles. The van der Waals surface area contributed by atoms with Gasteiger partial charge in [-0.25, -0.2) is 0 Å². The molecule has 2 unspecified atom stereocenters. The van der Waals surface area contributed by atoms with Crippen LogP contribution in [0, 0.1) is 0 Å². The summed E-state index contributed by atoms with van der Waals surface area (Å²) in [5, 5.41) is 6.88. The van der Waals surface area contributed by atoms with E-state index in [1.54, 1.807) is 6.92 Å². The van der Waals surface area contributed by atoms with Gasteiger partial charge in [-0.2, -0.15) is 24.5 Å². The molecule has 0 bridgehead atoms. The van der Waals surface area contributed by atoms with Gasteiger partial charge in [0.2, 0.25) is 5.91 Å². The van der Waals surface area contributed by atoms with Crippen molar-refractivity contribution in [3.63, 3.8) is 0 Å². The van der Waals surface area contributed by atoms with Gasteiger partial charge >= 0.3 is 6.18 Å². The minimum Gasteiger partial charge on any atom is -0.321 e. The molecule has 1 amide bonds. The maximum Gasteiger partial charge on any atom is 0.390 e. The molecule has 0 spiro atoms. The second kappa shape index (κ2) is 5.37. The van der Waals surface area contributed by atoms with E-state index < -0.39 is 24.3 Å². The summed E-state index contributed by atoms with van der Waals surface area (Å²) in [4.78, 5) is 13.7. The van der Waals surface area contributed by atoms with Crippen molar-refractivity contribution >= 4 is 17.2 Å². The lowest BCUT2D eigenvalue weighted by molar-refractivity contribution is -0.146. The third kappa shape index (κ3) is 2.98. The van der Waals surface area contributed by atoms with Crippen molar-refractivity contribution in [2.24, 2.45) is 0 Å². The van der Waals surface area contributed by atoms with Gasteiger partial charge in [-0.1, -0.05) is 6.92 Å². The molecule has 1 N–H and O–H groups in total. The normalized spacial score (nSPS) is 27.4. The highest BCUT2D eigenvalue weighted by Crippen LogP contribution is 2.34. The van der Waals surface area contributed by atoms with Gasteiger partial charge in [0.1, 0.15) is 6.17 Å². The van der Waals surface area contributed by atoms with E-state index in [1.807, 2.05) is 23.8 Å². The number of thiophene rings is 1. The first-order valence-electron chi connectivity index (χ1n) is 6.44. The summed E-state index contributed by atoms with van der Waals surface area (Å²) in [7, 11) is 0. The van der Waals surface area contributed by atoms with Gasteiger partial charge in [0.15, 0.2) is 0 Å². The lowest BCUT2D eigenvalue weighted by Crippen LogP contribution is -2.43. The predicted octanol–water partition coefficient (Wildman–Crippen LogP) is 3.30. The molecule has 112 valence electrons. The first-order valence-corrected chi connectivity index (χ1v) is 7.39. The van der Waals surface area contributed by atoms with Crippen LogP contribution in [-0.2, 0) is 4.79 Å². The van der Waals surface area contributed by atoms with E-state index in [9.17, 15) is 18.0 Å². The molecule has 0 radical (unpaired) electrons. The zero-order valence-corrected chi connectivity index (χ0v) is 12.1. The number of alkyl halides is 3. The van der Waals surface area contributed by atoms with Crippen molar-refractivity contribution in [2.75, 3.05) is 6.54 Å². The molecule has 2 rings (SSSR count). The number of rotatable bonds is 4. The predicted molar refractivity (Wildman–Crippen MR) is 71.3 cm³/mol. The summed E-state index contributed by atoms with van der Waals surface area (Å²) in [6, 6.07) is 1.83. The van der Waals surface area contributed by atoms with E-state index in [0.29, 0.717) is 6.42 Å². The van der Waals surface area contributed by atoms with Gasteiger partial charge in [0, 0.05) is 6.54 Å². The topological polar surface area (TPSA) is 32.3 Å². The Balaban J connectivity index is 2.22. The van der Waals surface area contributed by atoms with E-state index in [2.05, 4.69) is 5.32 Å². The smallest absolute Gasteiger partial charge is 0.321 e. The van der Waals surface area contributed by atoms with E-state index in [1.165, 1.54) is 16.2 Å². The number of hydrogen-bond acceptors (Lipinski definition) is 3. The lowest BCUT2D eigenvalue weighted by atomic mass is 9.99. The molecule has 1 aliphatic rings. The van der Waals surface area contributed by atoms with Crippen molar-refractivity contribution in [1.82, 2.24) is 10.2 Å². The lowest BCUT2D eigenvalue weighted by Gasteiger charge is -2.24. The van der Waals surface area contributed by atoms with Crippen LogP contribution in [0.4, 0.5) is 13.2 Å². The Morgan fingerprint density at radius 3 is 2.70 bits per heavy atom. The quantitative estimate of drug-likeness (QED) is 0.925. The maximum atomic E-state index is 12.4. The van der Waals surface area contributed by atoms with Crippen molar-refractivity contribution in [3.05, 3.63) is 22.4 Å². The van der Waals surface area contributed by atoms with Gasteiger partial charge in [0.05, 0.1) is 12.0 Å². The minimum absolute atomic E-state index is 0.263. The highest BCUT2D eigenvalue weighted by atomic mass is 32.1. The van der Waals surface area contributed by atoms with Crippen LogP contribution in [0.5, 0.6) is 0 Å². The highest BCUT2D eigenvalue weighted by molar-refractivity contribution is 7.07. The summed E-state index contributed by atoms with van der Waals surface area (Å²) in [6.45, 7) is 3.27. The molecule has 2 heterocycles. The first-order chi connectivity index (χ1) is 9.27. The highest BCUT2D eigenvalue weighted by Gasteiger charge is 2.48. The Morgan fingerprint density at radius 2 is 2.20 bits per heavy atom. The Hall–Kier alpha value is -1.08. The second-order valence-corrected chi connectivity index (χ2v) is 5.93. The maximum absolute atomic E-state index is 12.4. The number of halogens is 3. The van der Waals surface area contributed by atoms with Crippen LogP contribution in [0.1, 0.15) is 38.4 Å². The molecule has 1 fully saturated rings. The largest absolute Gasteiger partial charge is 0.390 e. The number of amides is 1. The van der Waals surface area contributed by atoms with Crippen LogP contribution in [-0.4, -0.2) is 29.1 Å². The second-order valence-electron chi connectivity index (χ2n) is 5.15. The van der Waals surface area contributed by atoms with Crippen LogP contribution in [0.15, 0.2) is 16.8 Å². The molecule has 1 saturated heterocycles. The fourth-order valence-electron chi connectivity index (χ4n) is 2.30. The van der Waals surface area contributed by atoms with Gasteiger partial charge < -0.3 is 4.90 Å². The van der Waals surface area contributed by atoms with Crippen molar-refractivity contribution in [3.8, 4) is 0 Å². The molecule has 2 atom stereocenters. The van der Waals surface area contributed by atoms with Gasteiger partial charge in [-0.05, 0) is 35.7 Å². The van der Waals surface area contributed by atoms with Crippen molar-refractivity contribution in [2.45, 2.75) is 44.6 Å². The standard InChI is InChI=1S/C13H17F3N2OS/c1-3-12(2)11(19)18(6-5-13(14,15)16)10(17-12)9-4-7-20-8-9/h4,7-8,10,17H,3,5-6H2,1-2H3. The third-order valence-corrected chi connectivity index (χ3v) is 4.40. The zero-order chi connectivity index (χ0) is 15.0. The first kappa shape index (κ1) is 15.3. The van der Waals surface area contributed by atoms with Crippen LogP contribution in [0.3, 0.4) is 0 Å². The van der Waals surface area contributed by atoms with Gasteiger partial charge in [-0.15, -0.1) is 0 Å². The van der Waals surface area contributed by atoms with E-state index >= 15 is 0 Å². The monoisotopic (exact) mass is 306 g/mol. The van der Waals surface area contributed by atoms with Gasteiger partial charge in [0.25, 0.3) is 0 Å². The fourth-order valence-corrected chi connectivity index (χ4v) is 2.98. The molecule has 3 nitrogen and oxygen atoms in total. The number of nitrogens with zero attached hydrogens (tertiary/aromatic N) is 1. The van der Waals surface area contributed by atoms with Gasteiger partial charge in [-0.3, -0.25) is 10.1 Å². The summed E-state index contributed by atoms with van der Waals surface area (Å²) in [5.74, 6) is -0.263. The molecule has 1 aromatic heterocycles. The SMILES string of the molecule is CCC1(C)NC(c2ccsc2)N(CCC(F)(F)F)C1=O. The molecule has 7 heteroatoms. The van der Waals surface area contributed by atoms with E-state index in [4.69, 9.17) is 0 Å². The van der Waals surface area contributed by atoms with Crippen LogP contribution >= 0.6 is 11.3 Å². The average Bonchev–Trinajstić information content (AvgIpc) is 2.96. The molecule has 0 aliphatic carbocycles. The number of carbonyl (C=O) groups is 1. The minimum atomic E-state index is -4.26. The van der Waals surface area contributed by atoms with Crippen molar-refractivity contribution < 1.29 is 18.0 Å². The summed E-state index contributed by atoms with van der Waals surface area (Å²) >= 11 is 1.46. The molecule has 0 saturated carbocycles. The molecule has 1 aromatic rings. The van der Waals surface area contributed by atoms with Crippen molar-refractivity contribution in [1.29, 1.82) is 0 Å². The summed E-state index contributed by atoms with van der Waals surface area (Å²) in [5.41, 5.74) is 0.0424. The molecule has 1 aliphatic heterocycles. The Kier molecular flexibility index (Phi) is 4.11. The molecular formula is C13H17F3N2OS. The third-order valence-electron chi connectivity index (χ3n) is 3.70. The fraction of sp³-hybridized carbons (Fsp3) is 0.615. The Labute approximate surface area is 119 Å². The van der Waals surface area contributed by atoms with E-state index in [0.717, 1.165) is 5.56 Å².